The van der Waals surface area contributed by atoms with Crippen molar-refractivity contribution < 1.29 is 9.53 Å². The van der Waals surface area contributed by atoms with Gasteiger partial charge in [-0.2, -0.15) is 0 Å². The number of hydrogen-bond acceptors (Lipinski definition) is 2. The van der Waals surface area contributed by atoms with Gasteiger partial charge in [-0.3, -0.25) is 4.79 Å². The van der Waals surface area contributed by atoms with Crippen LogP contribution in [0.1, 0.15) is 19.4 Å². The number of carbonyl (C=O) groups is 1. The van der Waals surface area contributed by atoms with Gasteiger partial charge >= 0.3 is 0 Å². The van der Waals surface area contributed by atoms with Crippen LogP contribution < -0.4 is 10.1 Å². The number of nitrogens with one attached hydrogen (secondary N) is 1. The monoisotopic (exact) mass is 239 g/mol. The summed E-state index contributed by atoms with van der Waals surface area (Å²) in [4.78, 5) is 10.8. The van der Waals surface area contributed by atoms with Gasteiger partial charge in [-0.05, 0) is 17.7 Å². The van der Waals surface area contributed by atoms with E-state index in [0.29, 0.717) is 6.54 Å². The van der Waals surface area contributed by atoms with Crippen molar-refractivity contribution in [2.24, 2.45) is 0 Å². The van der Waals surface area contributed by atoms with Crippen molar-refractivity contribution in [2.45, 2.75) is 19.3 Å². The quantitative estimate of drug-likeness (QED) is 0.793. The molecule has 0 bridgehead atoms. The molecule has 0 fully saturated rings. The first kappa shape index (κ1) is 12.9. The predicted octanol–water partition coefficient (Wildman–Crippen LogP) is 2.61. The average Bonchev–Trinajstić information content (AvgIpc) is 2.27. The van der Waals surface area contributed by atoms with E-state index in [-0.39, 0.29) is 10.7 Å². The number of ether oxygens (including phenoxy) is 1. The van der Waals surface area contributed by atoms with Gasteiger partial charge in [0.15, 0.2) is 0 Å². The lowest BCUT2D eigenvalue weighted by Gasteiger charge is -2.25. The van der Waals surface area contributed by atoms with Crippen molar-refractivity contribution in [3.63, 3.8) is 0 Å². The number of thiol groups is 1. The fraction of sp³-hybridized carbons (Fsp3) is 0.417. The molecule has 0 atom stereocenters. The van der Waals surface area contributed by atoms with E-state index >= 15 is 0 Å². The molecule has 88 valence electrons. The first-order valence-corrected chi connectivity index (χ1v) is 5.52. The van der Waals surface area contributed by atoms with Gasteiger partial charge in [-0.1, -0.05) is 38.6 Å². The van der Waals surface area contributed by atoms with Gasteiger partial charge in [0, 0.05) is 12.0 Å². The lowest BCUT2D eigenvalue weighted by Crippen LogP contribution is -2.34. The number of amides is 1. The molecule has 0 heterocycles. The molecule has 1 N–H and O–H groups in total. The third-order valence-corrected chi connectivity index (χ3v) is 2.71. The molecule has 0 unspecified atom stereocenters. The van der Waals surface area contributed by atoms with E-state index in [0.717, 1.165) is 11.3 Å². The first-order chi connectivity index (χ1) is 7.45. The Balaban J connectivity index is 2.76. The zero-order valence-electron chi connectivity index (χ0n) is 9.78. The molecule has 1 rings (SSSR count). The SMILES string of the molecule is COc1ccc(C(C)(C)CNC(=O)S)cc1. The van der Waals surface area contributed by atoms with Gasteiger partial charge in [0.05, 0.1) is 7.11 Å². The second-order valence-electron chi connectivity index (χ2n) is 4.27. The molecule has 0 aromatic heterocycles. The Labute approximate surface area is 102 Å². The summed E-state index contributed by atoms with van der Waals surface area (Å²) in [5.74, 6) is 0.831. The van der Waals surface area contributed by atoms with Crippen molar-refractivity contribution in [2.75, 3.05) is 13.7 Å². The summed E-state index contributed by atoms with van der Waals surface area (Å²) < 4.78 is 5.10. The summed E-state index contributed by atoms with van der Waals surface area (Å²) in [6.07, 6.45) is 0. The molecule has 0 spiro atoms. The van der Waals surface area contributed by atoms with Crippen LogP contribution in [-0.4, -0.2) is 18.9 Å². The Kier molecular flexibility index (Phi) is 4.24. The second kappa shape index (κ2) is 5.25. The van der Waals surface area contributed by atoms with Crippen LogP contribution in [0.4, 0.5) is 4.79 Å². The standard InChI is InChI=1S/C12H17NO2S/c1-12(2,8-13-11(14)16)9-4-6-10(15-3)7-5-9/h4-7H,8H2,1-3H3,(H2,13,14,16). The van der Waals surface area contributed by atoms with Gasteiger partial charge in [-0.25, -0.2) is 0 Å². The third-order valence-electron chi connectivity index (χ3n) is 2.55. The third kappa shape index (κ3) is 3.45. The fourth-order valence-corrected chi connectivity index (χ4v) is 1.52. The highest BCUT2D eigenvalue weighted by Gasteiger charge is 2.20. The minimum Gasteiger partial charge on any atom is -0.497 e. The second-order valence-corrected chi connectivity index (χ2v) is 4.68. The maximum atomic E-state index is 10.8. The zero-order valence-corrected chi connectivity index (χ0v) is 10.7. The minimum absolute atomic E-state index is 0.120. The normalized spacial score (nSPS) is 11.0. The van der Waals surface area contributed by atoms with E-state index in [4.69, 9.17) is 4.74 Å². The molecule has 3 nitrogen and oxygen atoms in total. The lowest BCUT2D eigenvalue weighted by atomic mass is 9.84. The molecule has 0 aliphatic carbocycles. The molecule has 0 aliphatic rings. The number of carbonyl (C=O) groups excluding carboxylic acids is 1. The first-order valence-electron chi connectivity index (χ1n) is 5.07. The molecule has 0 saturated heterocycles. The largest absolute Gasteiger partial charge is 0.497 e. The van der Waals surface area contributed by atoms with E-state index < -0.39 is 0 Å². The Hall–Kier alpha value is -1.16. The lowest BCUT2D eigenvalue weighted by molar-refractivity contribution is 0.259. The highest BCUT2D eigenvalue weighted by molar-refractivity contribution is 7.96. The predicted molar refractivity (Wildman–Crippen MR) is 68.4 cm³/mol. The molecule has 0 aliphatic heterocycles. The summed E-state index contributed by atoms with van der Waals surface area (Å²) in [6.45, 7) is 4.69. The van der Waals surface area contributed by atoms with Gasteiger partial charge in [0.25, 0.3) is 5.24 Å². The van der Waals surface area contributed by atoms with Gasteiger partial charge in [0.2, 0.25) is 0 Å². The summed E-state index contributed by atoms with van der Waals surface area (Å²) in [7, 11) is 1.64. The van der Waals surface area contributed by atoms with Crippen LogP contribution in [-0.2, 0) is 5.41 Å². The summed E-state index contributed by atoms with van der Waals surface area (Å²) in [5.41, 5.74) is 1.03. The van der Waals surface area contributed by atoms with Crippen LogP contribution >= 0.6 is 12.6 Å². The van der Waals surface area contributed by atoms with Crippen molar-refractivity contribution in [3.05, 3.63) is 29.8 Å². The maximum absolute atomic E-state index is 10.8. The van der Waals surface area contributed by atoms with Crippen molar-refractivity contribution in [1.29, 1.82) is 0 Å². The average molecular weight is 239 g/mol. The van der Waals surface area contributed by atoms with Crippen molar-refractivity contribution in [3.8, 4) is 5.75 Å². The van der Waals surface area contributed by atoms with E-state index in [1.54, 1.807) is 7.11 Å². The summed E-state index contributed by atoms with van der Waals surface area (Å²) >= 11 is 3.68. The molecule has 0 radical (unpaired) electrons. The Morgan fingerprint density at radius 3 is 2.38 bits per heavy atom. The molecule has 1 amide bonds. The Bertz CT molecular complexity index is 360. The Morgan fingerprint density at radius 1 is 1.38 bits per heavy atom. The van der Waals surface area contributed by atoms with E-state index in [1.165, 1.54) is 0 Å². The van der Waals surface area contributed by atoms with Gasteiger partial charge < -0.3 is 10.1 Å². The molecule has 1 aromatic carbocycles. The number of benzene rings is 1. The molecule has 4 heteroatoms. The summed E-state index contributed by atoms with van der Waals surface area (Å²) in [6, 6.07) is 7.84. The molecule has 1 aromatic rings. The molecule has 0 saturated carbocycles. The highest BCUT2D eigenvalue weighted by atomic mass is 32.1. The van der Waals surface area contributed by atoms with Crippen LogP contribution in [0.2, 0.25) is 0 Å². The zero-order chi connectivity index (χ0) is 12.2. The summed E-state index contributed by atoms with van der Waals surface area (Å²) in [5, 5.41) is 2.40. The number of hydrogen-bond donors (Lipinski definition) is 2. The smallest absolute Gasteiger partial charge is 0.276 e. The van der Waals surface area contributed by atoms with Crippen LogP contribution in [0.5, 0.6) is 5.75 Å². The number of rotatable bonds is 4. The molecular weight excluding hydrogens is 222 g/mol. The highest BCUT2D eigenvalue weighted by Crippen LogP contribution is 2.24. The maximum Gasteiger partial charge on any atom is 0.276 e. The van der Waals surface area contributed by atoms with Gasteiger partial charge in [0.1, 0.15) is 5.75 Å². The van der Waals surface area contributed by atoms with Crippen LogP contribution in [0.15, 0.2) is 24.3 Å². The molecule has 16 heavy (non-hydrogen) atoms. The molecular formula is C12H17NO2S. The van der Waals surface area contributed by atoms with Gasteiger partial charge in [-0.15, -0.1) is 0 Å². The topological polar surface area (TPSA) is 38.3 Å². The van der Waals surface area contributed by atoms with Crippen LogP contribution in [0.3, 0.4) is 0 Å². The minimum atomic E-state index is -0.304. The fourth-order valence-electron chi connectivity index (χ4n) is 1.44. The van der Waals surface area contributed by atoms with Crippen molar-refractivity contribution in [1.82, 2.24) is 5.32 Å². The van der Waals surface area contributed by atoms with Crippen LogP contribution in [0.25, 0.3) is 0 Å². The number of methoxy groups -OCH3 is 1. The van der Waals surface area contributed by atoms with Crippen molar-refractivity contribution >= 4 is 17.9 Å². The van der Waals surface area contributed by atoms with Crippen LogP contribution in [0, 0.1) is 0 Å². The van der Waals surface area contributed by atoms with E-state index in [2.05, 4.69) is 31.8 Å². The Morgan fingerprint density at radius 2 is 1.94 bits per heavy atom. The van der Waals surface area contributed by atoms with E-state index in [1.807, 2.05) is 24.3 Å². The van der Waals surface area contributed by atoms with E-state index in [9.17, 15) is 4.79 Å².